The minimum absolute atomic E-state index is 0.223. The molecule has 0 saturated carbocycles. The first-order chi connectivity index (χ1) is 10.4. The van der Waals surface area contributed by atoms with Gasteiger partial charge in [-0.05, 0) is 39.8 Å². The van der Waals surface area contributed by atoms with Gasteiger partial charge in [0, 0.05) is 0 Å². The highest BCUT2D eigenvalue weighted by atomic mass is 19.1. The molecular weight excluding hydrogens is 260 g/mol. The van der Waals surface area contributed by atoms with Crippen molar-refractivity contribution in [1.29, 1.82) is 5.26 Å². The molecular formula is C14H17BFNO3. The van der Waals surface area contributed by atoms with Crippen molar-refractivity contribution in [1.82, 2.24) is 0 Å². The third-order valence-electron chi connectivity index (χ3n) is 3.86. The topological polar surface area (TPSA) is 51.5 Å². The molecule has 1 aromatic rings. The van der Waals surface area contributed by atoms with E-state index in [-0.39, 0.29) is 16.8 Å². The Bertz CT molecular complexity index is 654. The predicted molar refractivity (Wildman–Crippen MR) is 73.4 cm³/mol. The van der Waals surface area contributed by atoms with E-state index in [1.54, 1.807) is 33.8 Å². The lowest BCUT2D eigenvalue weighted by Crippen LogP contribution is -2.41. The van der Waals surface area contributed by atoms with Crippen LogP contribution in [0.1, 0.15) is 37.4 Å². The summed E-state index contributed by atoms with van der Waals surface area (Å²) in [7, 11) is -3.94. The zero-order chi connectivity index (χ0) is 17.6. The van der Waals surface area contributed by atoms with Gasteiger partial charge in [-0.15, -0.1) is 0 Å². The Morgan fingerprint density at radius 2 is 1.90 bits per heavy atom. The van der Waals surface area contributed by atoms with Crippen LogP contribution in [-0.4, -0.2) is 25.4 Å². The smallest absolute Gasteiger partial charge is 0.497 e. The maximum atomic E-state index is 14.6. The molecule has 0 radical (unpaired) electrons. The monoisotopic (exact) mass is 280 g/mol. The molecule has 1 fully saturated rings. The van der Waals surface area contributed by atoms with Gasteiger partial charge in [0.1, 0.15) is 17.6 Å². The van der Waals surface area contributed by atoms with E-state index in [1.165, 1.54) is 6.07 Å². The van der Waals surface area contributed by atoms with Crippen LogP contribution in [0.4, 0.5) is 4.39 Å². The standard InChI is InChI=1S/C14H17BFNO3/c1-13(2)14(3,4)20-15(19-13)11-10(18-5)7-6-9(8-17)12(11)16/h6-7H,1-5H3/i5D3. The SMILES string of the molecule is [2H]C([2H])([2H])Oc1ccc(C#N)c(F)c1B1OC(C)(C)C(C)(C)O1. The summed E-state index contributed by atoms with van der Waals surface area (Å²) in [5.41, 5.74) is -1.96. The van der Waals surface area contributed by atoms with Crippen LogP contribution in [0.5, 0.6) is 5.75 Å². The second-order valence-electron chi connectivity index (χ2n) is 5.64. The molecule has 0 N–H and O–H groups in total. The van der Waals surface area contributed by atoms with Crippen LogP contribution in [0, 0.1) is 17.1 Å². The van der Waals surface area contributed by atoms with Crippen molar-refractivity contribution in [2.24, 2.45) is 0 Å². The molecule has 1 saturated heterocycles. The highest BCUT2D eigenvalue weighted by Gasteiger charge is 2.53. The number of benzene rings is 1. The first-order valence-corrected chi connectivity index (χ1v) is 6.15. The average Bonchev–Trinajstić information content (AvgIpc) is 2.56. The minimum Gasteiger partial charge on any atom is -0.497 e. The summed E-state index contributed by atoms with van der Waals surface area (Å²) < 4.78 is 52.6. The number of nitrogens with zero attached hydrogens (tertiary/aromatic N) is 1. The number of nitriles is 1. The van der Waals surface area contributed by atoms with Gasteiger partial charge in [0.05, 0.1) is 33.4 Å². The van der Waals surface area contributed by atoms with Crippen molar-refractivity contribution >= 4 is 12.6 Å². The van der Waals surface area contributed by atoms with Crippen molar-refractivity contribution in [3.05, 3.63) is 23.5 Å². The molecule has 0 aromatic heterocycles. The zero-order valence-electron chi connectivity index (χ0n) is 14.8. The number of hydrogen-bond donors (Lipinski definition) is 0. The molecule has 1 aliphatic heterocycles. The van der Waals surface area contributed by atoms with Crippen LogP contribution in [0.25, 0.3) is 0 Å². The highest BCUT2D eigenvalue weighted by Crippen LogP contribution is 2.37. The zero-order valence-corrected chi connectivity index (χ0v) is 11.8. The summed E-state index contributed by atoms with van der Waals surface area (Å²) in [4.78, 5) is 0. The van der Waals surface area contributed by atoms with E-state index in [9.17, 15) is 4.39 Å². The summed E-state index contributed by atoms with van der Waals surface area (Å²) in [6, 6.07) is 4.10. The molecule has 0 bridgehead atoms. The van der Waals surface area contributed by atoms with Gasteiger partial charge in [-0.3, -0.25) is 0 Å². The van der Waals surface area contributed by atoms with E-state index < -0.39 is 31.2 Å². The maximum absolute atomic E-state index is 14.6. The molecule has 20 heavy (non-hydrogen) atoms. The van der Waals surface area contributed by atoms with E-state index >= 15 is 0 Å². The minimum atomic E-state index is -2.76. The number of hydrogen-bond acceptors (Lipinski definition) is 4. The summed E-state index contributed by atoms with van der Waals surface area (Å²) in [5.74, 6) is -1.15. The van der Waals surface area contributed by atoms with Gasteiger partial charge in [-0.2, -0.15) is 5.26 Å². The number of methoxy groups -OCH3 is 1. The first kappa shape index (κ1) is 11.1. The molecule has 1 heterocycles. The largest absolute Gasteiger partial charge is 0.501 e. The van der Waals surface area contributed by atoms with Gasteiger partial charge < -0.3 is 14.0 Å². The van der Waals surface area contributed by atoms with E-state index in [0.717, 1.165) is 6.07 Å². The van der Waals surface area contributed by atoms with Gasteiger partial charge in [-0.1, -0.05) is 0 Å². The second kappa shape index (κ2) is 4.76. The van der Waals surface area contributed by atoms with E-state index in [0.29, 0.717) is 0 Å². The van der Waals surface area contributed by atoms with Gasteiger partial charge in [0.25, 0.3) is 0 Å². The fourth-order valence-corrected chi connectivity index (χ4v) is 1.93. The molecule has 1 aliphatic rings. The molecule has 106 valence electrons. The third kappa shape index (κ3) is 2.17. The average molecular weight is 280 g/mol. The van der Waals surface area contributed by atoms with Gasteiger partial charge in [0.2, 0.25) is 0 Å². The van der Waals surface area contributed by atoms with Gasteiger partial charge in [0.15, 0.2) is 0 Å². The molecule has 0 atom stereocenters. The van der Waals surface area contributed by atoms with Gasteiger partial charge >= 0.3 is 7.12 Å². The van der Waals surface area contributed by atoms with Crippen LogP contribution < -0.4 is 10.2 Å². The van der Waals surface area contributed by atoms with Crippen LogP contribution >= 0.6 is 0 Å². The normalized spacial score (nSPS) is 22.6. The Morgan fingerprint density at radius 1 is 1.30 bits per heavy atom. The Morgan fingerprint density at radius 3 is 2.40 bits per heavy atom. The van der Waals surface area contributed by atoms with Crippen molar-refractivity contribution < 1.29 is 22.5 Å². The van der Waals surface area contributed by atoms with E-state index in [2.05, 4.69) is 0 Å². The van der Waals surface area contributed by atoms with Gasteiger partial charge in [-0.25, -0.2) is 4.39 Å². The Balaban J connectivity index is 2.54. The quantitative estimate of drug-likeness (QED) is 0.777. The molecule has 0 amide bonds. The fourth-order valence-electron chi connectivity index (χ4n) is 1.93. The number of rotatable bonds is 2. The van der Waals surface area contributed by atoms with Crippen molar-refractivity contribution in [2.45, 2.75) is 38.9 Å². The Kier molecular flexibility index (Phi) is 2.65. The lowest BCUT2D eigenvalue weighted by atomic mass is 9.77. The Hall–Kier alpha value is -1.58. The number of ether oxygens (including phenoxy) is 1. The molecule has 6 heteroatoms. The van der Waals surface area contributed by atoms with Crippen LogP contribution in [0.15, 0.2) is 12.1 Å². The lowest BCUT2D eigenvalue weighted by Gasteiger charge is -2.32. The third-order valence-corrected chi connectivity index (χ3v) is 3.86. The van der Waals surface area contributed by atoms with Crippen LogP contribution in [-0.2, 0) is 9.31 Å². The summed E-state index contributed by atoms with van der Waals surface area (Å²) >= 11 is 0. The molecule has 0 aliphatic carbocycles. The lowest BCUT2D eigenvalue weighted by molar-refractivity contribution is 0.00578. The van der Waals surface area contributed by atoms with E-state index in [4.69, 9.17) is 23.4 Å². The summed E-state index contributed by atoms with van der Waals surface area (Å²) in [6.07, 6.45) is 0. The predicted octanol–water partition coefficient (Wildman–Crippen LogP) is 2.01. The Labute approximate surface area is 122 Å². The first-order valence-electron chi connectivity index (χ1n) is 7.65. The summed E-state index contributed by atoms with van der Waals surface area (Å²) in [5, 5.41) is 8.99. The van der Waals surface area contributed by atoms with E-state index in [1.807, 2.05) is 0 Å². The molecule has 0 spiro atoms. The summed E-state index contributed by atoms with van der Waals surface area (Å²) in [6.45, 7) is 7.12. The second-order valence-corrected chi connectivity index (χ2v) is 5.64. The molecule has 0 unspecified atom stereocenters. The fraction of sp³-hybridized carbons (Fsp3) is 0.500. The van der Waals surface area contributed by atoms with Crippen molar-refractivity contribution in [3.63, 3.8) is 0 Å². The molecule has 2 rings (SSSR count). The maximum Gasteiger partial charge on any atom is 0.501 e. The van der Waals surface area contributed by atoms with Crippen molar-refractivity contribution in [2.75, 3.05) is 7.04 Å². The molecule has 1 aromatic carbocycles. The molecule has 4 nitrogen and oxygen atoms in total. The van der Waals surface area contributed by atoms with Crippen LogP contribution in [0.2, 0.25) is 0 Å². The number of halogens is 1. The van der Waals surface area contributed by atoms with Crippen molar-refractivity contribution in [3.8, 4) is 11.8 Å². The van der Waals surface area contributed by atoms with Crippen LogP contribution in [0.3, 0.4) is 0 Å². The highest BCUT2D eigenvalue weighted by molar-refractivity contribution is 6.63.